The molecular formula is C13H18N2. The molecule has 0 atom stereocenters. The molecule has 0 radical (unpaired) electrons. The van der Waals surface area contributed by atoms with Crippen LogP contribution in [0.4, 0.5) is 5.69 Å². The quantitative estimate of drug-likeness (QED) is 0.681. The summed E-state index contributed by atoms with van der Waals surface area (Å²) in [4.78, 5) is 0. The van der Waals surface area contributed by atoms with Crippen LogP contribution in [0.3, 0.4) is 0 Å². The van der Waals surface area contributed by atoms with E-state index in [2.05, 4.69) is 62.1 Å². The van der Waals surface area contributed by atoms with Crippen molar-refractivity contribution in [3.63, 3.8) is 0 Å². The van der Waals surface area contributed by atoms with Crippen LogP contribution in [-0.4, -0.2) is 11.3 Å². The van der Waals surface area contributed by atoms with E-state index in [1.54, 1.807) is 0 Å². The van der Waals surface area contributed by atoms with Crippen LogP contribution in [0, 0.1) is 6.92 Å². The van der Waals surface area contributed by atoms with Gasteiger partial charge in [-0.3, -0.25) is 5.01 Å². The summed E-state index contributed by atoms with van der Waals surface area (Å²) in [7, 11) is 0. The van der Waals surface area contributed by atoms with Crippen molar-refractivity contribution in [3.8, 4) is 0 Å². The second-order valence-electron chi connectivity index (χ2n) is 4.98. The molecule has 1 aliphatic heterocycles. The Morgan fingerprint density at radius 3 is 2.53 bits per heavy atom. The Morgan fingerprint density at radius 1 is 1.27 bits per heavy atom. The zero-order valence-electron chi connectivity index (χ0n) is 9.91. The Balaban J connectivity index is 2.39. The summed E-state index contributed by atoms with van der Waals surface area (Å²) in [5.74, 6) is 0. The molecule has 0 saturated carbocycles. The van der Waals surface area contributed by atoms with Crippen molar-refractivity contribution in [2.45, 2.75) is 39.7 Å². The van der Waals surface area contributed by atoms with Crippen molar-refractivity contribution in [3.05, 3.63) is 29.8 Å². The van der Waals surface area contributed by atoms with E-state index in [0.717, 1.165) is 6.42 Å². The lowest BCUT2D eigenvalue weighted by Crippen LogP contribution is -2.36. The molecule has 1 aliphatic rings. The molecular weight excluding hydrogens is 184 g/mol. The molecule has 15 heavy (non-hydrogen) atoms. The van der Waals surface area contributed by atoms with Crippen molar-refractivity contribution >= 4 is 11.4 Å². The molecule has 0 spiro atoms. The van der Waals surface area contributed by atoms with Crippen LogP contribution in [-0.2, 0) is 0 Å². The van der Waals surface area contributed by atoms with Crippen LogP contribution in [0.25, 0.3) is 0 Å². The minimum atomic E-state index is 0.109. The Kier molecular flexibility index (Phi) is 2.29. The van der Waals surface area contributed by atoms with E-state index in [1.807, 2.05) is 0 Å². The van der Waals surface area contributed by atoms with Gasteiger partial charge in [0.1, 0.15) is 0 Å². The van der Waals surface area contributed by atoms with Gasteiger partial charge in [-0.1, -0.05) is 12.1 Å². The van der Waals surface area contributed by atoms with E-state index in [4.69, 9.17) is 0 Å². The summed E-state index contributed by atoms with van der Waals surface area (Å²) in [5.41, 5.74) is 3.79. The Bertz CT molecular complexity index is 405. The molecule has 0 N–H and O–H groups in total. The number of benzene rings is 1. The maximum Gasteiger partial charge on any atom is 0.0631 e. The van der Waals surface area contributed by atoms with Gasteiger partial charge >= 0.3 is 0 Å². The van der Waals surface area contributed by atoms with E-state index in [0.29, 0.717) is 0 Å². The number of aryl methyl sites for hydroxylation is 1. The molecule has 0 amide bonds. The highest BCUT2D eigenvalue weighted by atomic mass is 15.5. The molecule has 2 heteroatoms. The van der Waals surface area contributed by atoms with Gasteiger partial charge in [0.25, 0.3) is 0 Å². The molecule has 1 heterocycles. The van der Waals surface area contributed by atoms with E-state index >= 15 is 0 Å². The topological polar surface area (TPSA) is 15.6 Å². The predicted octanol–water partition coefficient (Wildman–Crippen LogP) is 3.36. The van der Waals surface area contributed by atoms with Crippen LogP contribution < -0.4 is 5.01 Å². The molecule has 80 valence electrons. The second-order valence-corrected chi connectivity index (χ2v) is 4.98. The van der Waals surface area contributed by atoms with Gasteiger partial charge in [-0.2, -0.15) is 5.10 Å². The number of hydrogen-bond donors (Lipinski definition) is 0. The summed E-state index contributed by atoms with van der Waals surface area (Å²) in [6.07, 6.45) is 1.04. The van der Waals surface area contributed by atoms with E-state index < -0.39 is 0 Å². The molecule has 0 saturated heterocycles. The first kappa shape index (κ1) is 10.2. The van der Waals surface area contributed by atoms with Crippen molar-refractivity contribution in [1.29, 1.82) is 0 Å². The van der Waals surface area contributed by atoms with Crippen LogP contribution in [0.5, 0.6) is 0 Å². The fourth-order valence-corrected chi connectivity index (χ4v) is 2.21. The molecule has 0 bridgehead atoms. The summed E-state index contributed by atoms with van der Waals surface area (Å²) >= 11 is 0. The molecule has 1 aromatic rings. The van der Waals surface area contributed by atoms with Crippen molar-refractivity contribution in [1.82, 2.24) is 0 Å². The molecule has 0 unspecified atom stereocenters. The normalized spacial score (nSPS) is 19.2. The number of nitrogens with zero attached hydrogens (tertiary/aromatic N) is 2. The van der Waals surface area contributed by atoms with Crippen molar-refractivity contribution < 1.29 is 0 Å². The van der Waals surface area contributed by atoms with Crippen LogP contribution in [0.1, 0.15) is 32.8 Å². The third-order valence-electron chi connectivity index (χ3n) is 2.78. The Morgan fingerprint density at radius 2 is 2.00 bits per heavy atom. The third kappa shape index (κ3) is 1.89. The molecule has 0 aromatic heterocycles. The highest BCUT2D eigenvalue weighted by Crippen LogP contribution is 2.32. The van der Waals surface area contributed by atoms with Crippen LogP contribution >= 0.6 is 0 Å². The number of hydrazone groups is 1. The zero-order valence-corrected chi connectivity index (χ0v) is 9.91. The average molecular weight is 202 g/mol. The molecule has 1 aromatic carbocycles. The summed E-state index contributed by atoms with van der Waals surface area (Å²) in [6.45, 7) is 8.67. The highest BCUT2D eigenvalue weighted by molar-refractivity contribution is 5.87. The van der Waals surface area contributed by atoms with Gasteiger partial charge in [0, 0.05) is 12.1 Å². The Hall–Kier alpha value is -1.31. The lowest BCUT2D eigenvalue weighted by atomic mass is 9.98. The molecule has 0 fully saturated rings. The van der Waals surface area contributed by atoms with Gasteiger partial charge in [-0.15, -0.1) is 0 Å². The second kappa shape index (κ2) is 3.37. The maximum absolute atomic E-state index is 4.60. The first-order valence-corrected chi connectivity index (χ1v) is 5.40. The van der Waals surface area contributed by atoms with E-state index in [9.17, 15) is 0 Å². The minimum absolute atomic E-state index is 0.109. The van der Waals surface area contributed by atoms with E-state index in [-0.39, 0.29) is 5.54 Å². The maximum atomic E-state index is 4.60. The number of hydrogen-bond acceptors (Lipinski definition) is 2. The van der Waals surface area contributed by atoms with Gasteiger partial charge in [-0.05, 0) is 45.4 Å². The first-order chi connectivity index (χ1) is 6.99. The standard InChI is InChI=1S/C13H18N2/c1-10-6-5-7-12(8-10)15-13(3,4)9-11(2)14-15/h5-8H,9H2,1-4H3. The lowest BCUT2D eigenvalue weighted by Gasteiger charge is -2.30. The van der Waals surface area contributed by atoms with E-state index in [1.165, 1.54) is 17.0 Å². The molecule has 0 aliphatic carbocycles. The van der Waals surface area contributed by atoms with Crippen LogP contribution in [0.2, 0.25) is 0 Å². The fraction of sp³-hybridized carbons (Fsp3) is 0.462. The van der Waals surface area contributed by atoms with Gasteiger partial charge in [0.2, 0.25) is 0 Å². The SMILES string of the molecule is CC1=NN(c2cccc(C)c2)C(C)(C)C1. The smallest absolute Gasteiger partial charge is 0.0631 e. The minimum Gasteiger partial charge on any atom is -0.260 e. The summed E-state index contributed by atoms with van der Waals surface area (Å²) < 4.78 is 0. The van der Waals surface area contributed by atoms with Gasteiger partial charge in [0.05, 0.1) is 11.2 Å². The summed E-state index contributed by atoms with van der Waals surface area (Å²) in [5, 5.41) is 6.74. The highest BCUT2D eigenvalue weighted by Gasteiger charge is 2.33. The van der Waals surface area contributed by atoms with Crippen molar-refractivity contribution in [2.75, 3.05) is 5.01 Å². The number of anilines is 1. The van der Waals surface area contributed by atoms with Crippen molar-refractivity contribution in [2.24, 2.45) is 5.10 Å². The lowest BCUT2D eigenvalue weighted by molar-refractivity contribution is 0.516. The Labute approximate surface area is 91.6 Å². The third-order valence-corrected chi connectivity index (χ3v) is 2.78. The number of rotatable bonds is 1. The molecule has 2 rings (SSSR count). The largest absolute Gasteiger partial charge is 0.260 e. The average Bonchev–Trinajstić information content (AvgIpc) is 2.39. The first-order valence-electron chi connectivity index (χ1n) is 5.40. The predicted molar refractivity (Wildman–Crippen MR) is 65.5 cm³/mol. The van der Waals surface area contributed by atoms with Gasteiger partial charge < -0.3 is 0 Å². The van der Waals surface area contributed by atoms with Crippen LogP contribution in [0.15, 0.2) is 29.4 Å². The summed E-state index contributed by atoms with van der Waals surface area (Å²) in [6, 6.07) is 8.51. The van der Waals surface area contributed by atoms with Gasteiger partial charge in [0.15, 0.2) is 0 Å². The van der Waals surface area contributed by atoms with Gasteiger partial charge in [-0.25, -0.2) is 0 Å². The fourth-order valence-electron chi connectivity index (χ4n) is 2.21. The zero-order chi connectivity index (χ0) is 11.1. The molecule has 2 nitrogen and oxygen atoms in total. The monoisotopic (exact) mass is 202 g/mol.